The van der Waals surface area contributed by atoms with Gasteiger partial charge in [-0.2, -0.15) is 0 Å². The normalized spacial score (nSPS) is 29.5. The highest BCUT2D eigenvalue weighted by molar-refractivity contribution is 5.44. The zero-order chi connectivity index (χ0) is 14.4. The number of aliphatic hydroxyl groups excluding tert-OH is 2. The van der Waals surface area contributed by atoms with Crippen molar-refractivity contribution in [1.82, 2.24) is 5.32 Å². The molecule has 1 aliphatic heterocycles. The largest absolute Gasteiger partial charge is 0.490 e. The third-order valence-corrected chi connectivity index (χ3v) is 3.01. The van der Waals surface area contributed by atoms with Crippen molar-refractivity contribution in [2.45, 2.75) is 37.3 Å². The second-order valence-electron chi connectivity index (χ2n) is 4.34. The molecule has 5 atom stereocenters. The second kappa shape index (κ2) is 7.28. The molecular weight excluding hydrogens is 252 g/mol. The molecule has 1 heterocycles. The van der Waals surface area contributed by atoms with Crippen LogP contribution < -0.4 is 11.1 Å². The van der Waals surface area contributed by atoms with E-state index in [0.717, 1.165) is 6.20 Å². The maximum atomic E-state index is 10.3. The van der Waals surface area contributed by atoms with Crippen molar-refractivity contribution in [3.8, 4) is 0 Å². The molecule has 0 radical (unpaired) electrons. The quantitative estimate of drug-likeness (QED) is 0.426. The summed E-state index contributed by atoms with van der Waals surface area (Å²) in [5, 5.41) is 21.6. The molecule has 5 N–H and O–H groups in total. The summed E-state index contributed by atoms with van der Waals surface area (Å²) in [7, 11) is 1.40. The number of methoxy groups -OCH3 is 1. The van der Waals surface area contributed by atoms with Gasteiger partial charge in [-0.3, -0.25) is 0 Å². The van der Waals surface area contributed by atoms with Crippen molar-refractivity contribution >= 4 is 5.94 Å². The van der Waals surface area contributed by atoms with E-state index in [1.54, 1.807) is 18.9 Å². The molecule has 0 saturated carbocycles. The van der Waals surface area contributed by atoms with Crippen molar-refractivity contribution in [2.75, 3.05) is 13.7 Å². The number of carbonyl (C=O) groups excluding carboxylic acids is 1. The van der Waals surface area contributed by atoms with Gasteiger partial charge in [0.2, 0.25) is 0 Å². The molecule has 0 spiro atoms. The van der Waals surface area contributed by atoms with Crippen LogP contribution in [0.15, 0.2) is 18.0 Å². The summed E-state index contributed by atoms with van der Waals surface area (Å²) < 4.78 is 10.8. The number of allylic oxidation sites excluding steroid dienone is 1. The Morgan fingerprint density at radius 1 is 1.74 bits per heavy atom. The van der Waals surface area contributed by atoms with Crippen LogP contribution in [0.4, 0.5) is 0 Å². The molecule has 0 aliphatic carbocycles. The molecule has 0 aromatic heterocycles. The minimum Gasteiger partial charge on any atom is -0.490 e. The first-order chi connectivity index (χ1) is 9.04. The molecule has 0 aromatic rings. The van der Waals surface area contributed by atoms with Crippen LogP contribution in [-0.2, 0) is 14.3 Å². The lowest BCUT2D eigenvalue weighted by Gasteiger charge is -2.40. The van der Waals surface area contributed by atoms with Crippen molar-refractivity contribution in [3.63, 3.8) is 0 Å². The molecule has 7 nitrogen and oxygen atoms in total. The molecule has 0 saturated heterocycles. The van der Waals surface area contributed by atoms with E-state index in [1.165, 1.54) is 7.11 Å². The number of nitrogens with one attached hydrogen (secondary N) is 1. The Hall–Kier alpha value is -1.37. The van der Waals surface area contributed by atoms with Gasteiger partial charge in [-0.25, -0.2) is 4.79 Å². The van der Waals surface area contributed by atoms with Crippen LogP contribution in [0.25, 0.3) is 0 Å². The smallest absolute Gasteiger partial charge is 0.149 e. The summed E-state index contributed by atoms with van der Waals surface area (Å²) in [5.41, 5.74) is 5.97. The van der Waals surface area contributed by atoms with Gasteiger partial charge in [-0.1, -0.05) is 0 Å². The number of hydrogen-bond donors (Lipinski definition) is 4. The van der Waals surface area contributed by atoms with E-state index < -0.39 is 37.0 Å². The summed E-state index contributed by atoms with van der Waals surface area (Å²) in [4.78, 5) is 10.3. The van der Waals surface area contributed by atoms with Crippen LogP contribution in [-0.4, -0.2) is 60.3 Å². The predicted octanol–water partition coefficient (Wildman–Crippen LogP) is -1.71. The standard InChI is InChI=1S/C12H20N2O5/c1-7-5-8(13)10(14-3-4-15)12(19-7)11(18-2)9(17)6-16/h3,5,8-12,14,16-17H,6,13H2,1-2H3. The topological polar surface area (TPSA) is 114 Å². The fourth-order valence-electron chi connectivity index (χ4n) is 2.14. The number of rotatable bonds is 6. The van der Waals surface area contributed by atoms with Gasteiger partial charge in [0.15, 0.2) is 0 Å². The molecule has 0 aromatic carbocycles. The van der Waals surface area contributed by atoms with Crippen molar-refractivity contribution in [3.05, 3.63) is 18.0 Å². The van der Waals surface area contributed by atoms with Gasteiger partial charge in [0.1, 0.15) is 24.3 Å². The molecule has 0 bridgehead atoms. The van der Waals surface area contributed by atoms with E-state index in [9.17, 15) is 9.90 Å². The SMILES string of the molecule is COC(C(O)CO)C1OC(C)=CC(N)C1NC=C=O. The third kappa shape index (κ3) is 3.79. The van der Waals surface area contributed by atoms with E-state index in [2.05, 4.69) is 5.32 Å². The summed E-state index contributed by atoms with van der Waals surface area (Å²) >= 11 is 0. The van der Waals surface area contributed by atoms with Crippen LogP contribution in [0.5, 0.6) is 0 Å². The monoisotopic (exact) mass is 272 g/mol. The van der Waals surface area contributed by atoms with Crippen LogP contribution in [0.3, 0.4) is 0 Å². The van der Waals surface area contributed by atoms with Crippen LogP contribution >= 0.6 is 0 Å². The molecule has 1 rings (SSSR count). The molecule has 0 amide bonds. The van der Waals surface area contributed by atoms with Gasteiger partial charge in [-0.05, 0) is 13.0 Å². The zero-order valence-corrected chi connectivity index (χ0v) is 10.9. The minimum absolute atomic E-state index is 0.424. The first-order valence-corrected chi connectivity index (χ1v) is 5.93. The number of nitrogens with two attached hydrogens (primary N) is 1. The molecule has 0 fully saturated rings. The number of ether oxygens (including phenoxy) is 2. The van der Waals surface area contributed by atoms with Gasteiger partial charge >= 0.3 is 0 Å². The van der Waals surface area contributed by atoms with E-state index in [-0.39, 0.29) is 0 Å². The van der Waals surface area contributed by atoms with Gasteiger partial charge in [-0.15, -0.1) is 0 Å². The van der Waals surface area contributed by atoms with E-state index in [4.69, 9.17) is 20.3 Å². The Labute approximate surface area is 111 Å². The Kier molecular flexibility index (Phi) is 6.01. The fourth-order valence-corrected chi connectivity index (χ4v) is 2.14. The number of hydrogen-bond acceptors (Lipinski definition) is 7. The van der Waals surface area contributed by atoms with Gasteiger partial charge in [0, 0.05) is 7.11 Å². The van der Waals surface area contributed by atoms with Crippen LogP contribution in [0.2, 0.25) is 0 Å². The third-order valence-electron chi connectivity index (χ3n) is 3.01. The fraction of sp³-hybridized carbons (Fsp3) is 0.667. The molecule has 7 heteroatoms. The molecule has 1 aliphatic rings. The van der Waals surface area contributed by atoms with Crippen molar-refractivity contribution in [1.29, 1.82) is 0 Å². The van der Waals surface area contributed by atoms with Gasteiger partial charge in [0.05, 0.1) is 30.6 Å². The summed E-state index contributed by atoms with van der Waals surface area (Å²) in [6.45, 7) is 1.27. The Balaban J connectivity index is 2.97. The first kappa shape index (κ1) is 15.7. The Morgan fingerprint density at radius 2 is 2.42 bits per heavy atom. The first-order valence-electron chi connectivity index (χ1n) is 5.93. The number of aliphatic hydroxyl groups is 2. The molecule has 5 unspecified atom stereocenters. The highest BCUT2D eigenvalue weighted by Crippen LogP contribution is 2.22. The lowest BCUT2D eigenvalue weighted by Crippen LogP contribution is -2.60. The van der Waals surface area contributed by atoms with E-state index in [1.807, 2.05) is 0 Å². The zero-order valence-electron chi connectivity index (χ0n) is 10.9. The average molecular weight is 272 g/mol. The van der Waals surface area contributed by atoms with Crippen molar-refractivity contribution < 1.29 is 24.5 Å². The molecule has 108 valence electrons. The van der Waals surface area contributed by atoms with Gasteiger partial charge < -0.3 is 30.7 Å². The Bertz CT molecular complexity index is 367. The molecular formula is C12H20N2O5. The second-order valence-corrected chi connectivity index (χ2v) is 4.34. The maximum Gasteiger partial charge on any atom is 0.149 e. The van der Waals surface area contributed by atoms with E-state index in [0.29, 0.717) is 5.76 Å². The van der Waals surface area contributed by atoms with Crippen LogP contribution in [0, 0.1) is 0 Å². The predicted molar refractivity (Wildman–Crippen MR) is 67.7 cm³/mol. The maximum absolute atomic E-state index is 10.3. The van der Waals surface area contributed by atoms with Crippen molar-refractivity contribution in [2.24, 2.45) is 5.73 Å². The summed E-state index contributed by atoms with van der Waals surface area (Å²) in [6.07, 6.45) is 0.254. The molecule has 19 heavy (non-hydrogen) atoms. The lowest BCUT2D eigenvalue weighted by atomic mass is 9.93. The van der Waals surface area contributed by atoms with Gasteiger partial charge in [0.25, 0.3) is 0 Å². The lowest BCUT2D eigenvalue weighted by molar-refractivity contribution is -0.118. The van der Waals surface area contributed by atoms with Crippen LogP contribution in [0.1, 0.15) is 6.92 Å². The van der Waals surface area contributed by atoms with E-state index >= 15 is 0 Å². The highest BCUT2D eigenvalue weighted by Gasteiger charge is 2.40. The highest BCUT2D eigenvalue weighted by atomic mass is 16.5. The minimum atomic E-state index is -1.11. The Morgan fingerprint density at radius 3 is 2.95 bits per heavy atom. The summed E-state index contributed by atoms with van der Waals surface area (Å²) in [6, 6.07) is -0.900. The summed E-state index contributed by atoms with van der Waals surface area (Å²) in [5.74, 6) is 2.19. The average Bonchev–Trinajstić information content (AvgIpc) is 2.38.